The van der Waals surface area contributed by atoms with Crippen molar-refractivity contribution in [2.75, 3.05) is 0 Å². The molecule has 1 unspecified atom stereocenters. The topological polar surface area (TPSA) is 48.1 Å². The lowest BCUT2D eigenvalue weighted by atomic mass is 10.1. The molecule has 0 aromatic carbocycles. The smallest absolute Gasteiger partial charge is 0.433 e. The van der Waals surface area contributed by atoms with Gasteiger partial charge in [0.1, 0.15) is 10.7 Å². The third-order valence-electron chi connectivity index (χ3n) is 2.53. The molecular formula is C13H17F3N2OS. The minimum atomic E-state index is -4.53. The maximum absolute atomic E-state index is 12.7. The Hall–Kier alpha value is -1.37. The highest BCUT2D eigenvalue weighted by Gasteiger charge is 2.33. The summed E-state index contributed by atoms with van der Waals surface area (Å²) in [4.78, 5) is 3.45. The van der Waals surface area contributed by atoms with Gasteiger partial charge in [0, 0.05) is 0 Å². The molecule has 0 fully saturated rings. The van der Waals surface area contributed by atoms with Crippen LogP contribution in [-0.4, -0.2) is 16.1 Å². The molecule has 1 aromatic rings. The van der Waals surface area contributed by atoms with Crippen LogP contribution in [0.3, 0.4) is 0 Å². The molecule has 0 aliphatic heterocycles. The van der Waals surface area contributed by atoms with Crippen LogP contribution in [0.2, 0.25) is 0 Å². The Balaban J connectivity index is 3.09. The molecule has 1 rings (SSSR count). The lowest BCUT2D eigenvalue weighted by molar-refractivity contribution is -0.141. The Kier molecular flexibility index (Phi) is 5.33. The minimum Gasteiger partial charge on any atom is -0.474 e. The van der Waals surface area contributed by atoms with Crippen LogP contribution in [0.4, 0.5) is 13.2 Å². The highest BCUT2D eigenvalue weighted by Crippen LogP contribution is 2.30. The number of alkyl halides is 3. The SMILES string of the molecule is CC(C)CC(C)Oc1nc(C(F)(F)F)ccc1C(N)=S. The molecule has 1 heterocycles. The van der Waals surface area contributed by atoms with Gasteiger partial charge in [-0.2, -0.15) is 13.2 Å². The van der Waals surface area contributed by atoms with Crippen LogP contribution in [0.5, 0.6) is 5.88 Å². The second kappa shape index (κ2) is 6.39. The Bertz CT molecular complexity index is 489. The molecule has 7 heteroatoms. The molecule has 0 radical (unpaired) electrons. The average molecular weight is 306 g/mol. The van der Waals surface area contributed by atoms with E-state index in [0.717, 1.165) is 6.07 Å². The third kappa shape index (κ3) is 4.63. The van der Waals surface area contributed by atoms with Crippen molar-refractivity contribution in [1.29, 1.82) is 0 Å². The van der Waals surface area contributed by atoms with E-state index in [2.05, 4.69) is 4.98 Å². The zero-order chi connectivity index (χ0) is 15.5. The van der Waals surface area contributed by atoms with Crippen molar-refractivity contribution >= 4 is 17.2 Å². The Labute approximate surface area is 121 Å². The van der Waals surface area contributed by atoms with E-state index in [1.54, 1.807) is 6.92 Å². The normalized spacial score (nSPS) is 13.3. The molecule has 1 atom stereocenters. The quantitative estimate of drug-likeness (QED) is 0.845. The van der Waals surface area contributed by atoms with Crippen LogP contribution >= 0.6 is 12.2 Å². The van der Waals surface area contributed by atoms with Gasteiger partial charge in [0.05, 0.1) is 11.7 Å². The predicted octanol–water partition coefficient (Wildman–Crippen LogP) is 3.55. The average Bonchev–Trinajstić information content (AvgIpc) is 2.25. The highest BCUT2D eigenvalue weighted by molar-refractivity contribution is 7.80. The molecule has 20 heavy (non-hydrogen) atoms. The molecule has 0 aliphatic rings. The summed E-state index contributed by atoms with van der Waals surface area (Å²) in [5.41, 5.74) is 4.67. The number of nitrogens with zero attached hydrogens (tertiary/aromatic N) is 1. The van der Waals surface area contributed by atoms with E-state index in [4.69, 9.17) is 22.7 Å². The van der Waals surface area contributed by atoms with E-state index in [-0.39, 0.29) is 22.5 Å². The summed E-state index contributed by atoms with van der Waals surface area (Å²) in [5, 5.41) is 0. The number of halogens is 3. The standard InChI is InChI=1S/C13H17F3N2OS/c1-7(2)6-8(3)19-12-9(11(17)20)4-5-10(18-12)13(14,15)16/h4-5,7-8H,6H2,1-3H3,(H2,17,20). The van der Waals surface area contributed by atoms with E-state index in [1.165, 1.54) is 6.07 Å². The summed E-state index contributed by atoms with van der Waals surface area (Å²) in [6.45, 7) is 5.76. The summed E-state index contributed by atoms with van der Waals surface area (Å²) < 4.78 is 43.5. The van der Waals surface area contributed by atoms with Gasteiger partial charge >= 0.3 is 6.18 Å². The van der Waals surface area contributed by atoms with Gasteiger partial charge in [0.2, 0.25) is 5.88 Å². The van der Waals surface area contributed by atoms with Crippen molar-refractivity contribution in [1.82, 2.24) is 4.98 Å². The zero-order valence-corrected chi connectivity index (χ0v) is 12.3. The van der Waals surface area contributed by atoms with Crippen molar-refractivity contribution in [3.63, 3.8) is 0 Å². The molecule has 112 valence electrons. The van der Waals surface area contributed by atoms with Gasteiger partial charge in [0.15, 0.2) is 0 Å². The number of aromatic nitrogens is 1. The fourth-order valence-corrected chi connectivity index (χ4v) is 1.93. The second-order valence-electron chi connectivity index (χ2n) is 4.97. The van der Waals surface area contributed by atoms with Crippen LogP contribution in [0.15, 0.2) is 12.1 Å². The molecule has 0 amide bonds. The Morgan fingerprint density at radius 3 is 2.40 bits per heavy atom. The third-order valence-corrected chi connectivity index (χ3v) is 2.75. The van der Waals surface area contributed by atoms with Crippen molar-refractivity contribution in [3.8, 4) is 5.88 Å². The molecule has 0 saturated heterocycles. The Morgan fingerprint density at radius 2 is 1.95 bits per heavy atom. The number of hydrogen-bond acceptors (Lipinski definition) is 3. The summed E-state index contributed by atoms with van der Waals surface area (Å²) in [5.74, 6) is 0.185. The minimum absolute atomic E-state index is 0.0435. The first-order valence-corrected chi connectivity index (χ1v) is 6.56. The highest BCUT2D eigenvalue weighted by atomic mass is 32.1. The van der Waals surface area contributed by atoms with Crippen molar-refractivity contribution in [2.24, 2.45) is 11.7 Å². The van der Waals surface area contributed by atoms with Crippen LogP contribution < -0.4 is 10.5 Å². The van der Waals surface area contributed by atoms with Gasteiger partial charge in [0.25, 0.3) is 0 Å². The molecule has 0 bridgehead atoms. The van der Waals surface area contributed by atoms with Gasteiger partial charge in [-0.05, 0) is 31.4 Å². The number of nitrogens with two attached hydrogens (primary N) is 1. The fourth-order valence-electron chi connectivity index (χ4n) is 1.78. The molecule has 0 spiro atoms. The molecule has 1 aromatic heterocycles. The molecule has 0 aliphatic carbocycles. The van der Waals surface area contributed by atoms with E-state index < -0.39 is 11.9 Å². The predicted molar refractivity (Wildman–Crippen MR) is 74.7 cm³/mol. The van der Waals surface area contributed by atoms with Gasteiger partial charge in [-0.25, -0.2) is 4.98 Å². The number of ether oxygens (including phenoxy) is 1. The lowest BCUT2D eigenvalue weighted by Gasteiger charge is -2.18. The summed E-state index contributed by atoms with van der Waals surface area (Å²) in [6.07, 6.45) is -4.12. The van der Waals surface area contributed by atoms with Gasteiger partial charge in [-0.15, -0.1) is 0 Å². The van der Waals surface area contributed by atoms with Crippen molar-refractivity contribution < 1.29 is 17.9 Å². The van der Waals surface area contributed by atoms with E-state index in [9.17, 15) is 13.2 Å². The lowest BCUT2D eigenvalue weighted by Crippen LogP contribution is -2.21. The van der Waals surface area contributed by atoms with Crippen LogP contribution in [0.1, 0.15) is 38.4 Å². The monoisotopic (exact) mass is 306 g/mol. The fraction of sp³-hybridized carbons (Fsp3) is 0.538. The maximum Gasteiger partial charge on any atom is 0.433 e. The first-order chi connectivity index (χ1) is 9.11. The maximum atomic E-state index is 12.7. The van der Waals surface area contributed by atoms with E-state index in [1.807, 2.05) is 13.8 Å². The Morgan fingerprint density at radius 1 is 1.35 bits per heavy atom. The molecule has 0 saturated carbocycles. The molecule has 2 N–H and O–H groups in total. The van der Waals surface area contributed by atoms with Crippen LogP contribution in [0, 0.1) is 5.92 Å². The van der Waals surface area contributed by atoms with E-state index in [0.29, 0.717) is 12.3 Å². The van der Waals surface area contributed by atoms with E-state index >= 15 is 0 Å². The first kappa shape index (κ1) is 16.7. The van der Waals surface area contributed by atoms with Crippen LogP contribution in [0.25, 0.3) is 0 Å². The number of hydrogen-bond donors (Lipinski definition) is 1. The van der Waals surface area contributed by atoms with Gasteiger partial charge in [-0.1, -0.05) is 26.1 Å². The van der Waals surface area contributed by atoms with Gasteiger partial charge in [-0.3, -0.25) is 0 Å². The van der Waals surface area contributed by atoms with Gasteiger partial charge < -0.3 is 10.5 Å². The summed E-state index contributed by atoms with van der Waals surface area (Å²) in [6, 6.07) is 2.03. The van der Waals surface area contributed by atoms with Crippen molar-refractivity contribution in [2.45, 2.75) is 39.5 Å². The van der Waals surface area contributed by atoms with Crippen LogP contribution in [-0.2, 0) is 6.18 Å². The number of pyridine rings is 1. The number of rotatable bonds is 5. The summed E-state index contributed by atoms with van der Waals surface area (Å²) in [7, 11) is 0. The van der Waals surface area contributed by atoms with Crippen molar-refractivity contribution in [3.05, 3.63) is 23.4 Å². The zero-order valence-electron chi connectivity index (χ0n) is 11.5. The molecular weight excluding hydrogens is 289 g/mol. The second-order valence-corrected chi connectivity index (χ2v) is 5.41. The molecule has 3 nitrogen and oxygen atoms in total. The summed E-state index contributed by atoms with van der Waals surface area (Å²) >= 11 is 4.80. The number of thiocarbonyl (C=S) groups is 1. The largest absolute Gasteiger partial charge is 0.474 e. The first-order valence-electron chi connectivity index (χ1n) is 6.16.